The van der Waals surface area contributed by atoms with E-state index in [1.54, 1.807) is 0 Å². The van der Waals surface area contributed by atoms with E-state index in [9.17, 15) is 17.6 Å². The molecule has 2 aromatic heterocycles. The summed E-state index contributed by atoms with van der Waals surface area (Å²) in [5, 5.41) is 7.65. The SMILES string of the molecule is FCCn1nc(Br)nc1Br.FCCn1nc(Br)nc1Oc1cc(F)cc(F)c1. The van der Waals surface area contributed by atoms with Crippen molar-refractivity contribution < 1.29 is 22.3 Å². The fourth-order valence-electron chi connectivity index (χ4n) is 1.81. The molecule has 0 N–H and O–H groups in total. The zero-order valence-corrected chi connectivity index (χ0v) is 18.6. The van der Waals surface area contributed by atoms with E-state index in [1.165, 1.54) is 4.68 Å². The molecule has 28 heavy (non-hydrogen) atoms. The minimum atomic E-state index is -0.777. The lowest BCUT2D eigenvalue weighted by atomic mass is 10.3. The summed E-state index contributed by atoms with van der Waals surface area (Å²) in [5.74, 6) is -1.63. The van der Waals surface area contributed by atoms with Crippen molar-refractivity contribution in [3.05, 3.63) is 44.0 Å². The molecule has 2 heterocycles. The number of ether oxygens (including phenoxy) is 1. The second kappa shape index (κ2) is 10.9. The number of aryl methyl sites for hydroxylation is 2. The first kappa shape index (κ1) is 22.7. The number of benzene rings is 1. The minimum Gasteiger partial charge on any atom is -0.424 e. The fourth-order valence-corrected chi connectivity index (χ4v) is 3.18. The van der Waals surface area contributed by atoms with E-state index >= 15 is 0 Å². The van der Waals surface area contributed by atoms with Crippen LogP contribution in [0.3, 0.4) is 0 Å². The highest BCUT2D eigenvalue weighted by molar-refractivity contribution is 9.11. The van der Waals surface area contributed by atoms with Crippen molar-refractivity contribution in [3.63, 3.8) is 0 Å². The maximum Gasteiger partial charge on any atom is 0.321 e. The third-order valence-corrected chi connectivity index (χ3v) is 4.11. The van der Waals surface area contributed by atoms with Gasteiger partial charge >= 0.3 is 6.01 Å². The molecule has 0 spiro atoms. The largest absolute Gasteiger partial charge is 0.424 e. The summed E-state index contributed by atoms with van der Waals surface area (Å²) in [6.07, 6.45) is 0. The maximum absolute atomic E-state index is 13.0. The number of nitrogens with zero attached hydrogens (tertiary/aromatic N) is 6. The van der Waals surface area contributed by atoms with E-state index in [1.807, 2.05) is 0 Å². The van der Waals surface area contributed by atoms with Crippen LogP contribution in [0.5, 0.6) is 11.8 Å². The van der Waals surface area contributed by atoms with Crippen LogP contribution in [0.4, 0.5) is 17.6 Å². The number of hydrogen-bond donors (Lipinski definition) is 0. The molecule has 152 valence electrons. The Labute approximate surface area is 181 Å². The molecule has 3 aromatic rings. The molecule has 0 fully saturated rings. The molecule has 0 saturated heterocycles. The van der Waals surface area contributed by atoms with Gasteiger partial charge < -0.3 is 4.74 Å². The molecule has 0 unspecified atom stereocenters. The van der Waals surface area contributed by atoms with Crippen LogP contribution >= 0.6 is 47.8 Å². The van der Waals surface area contributed by atoms with E-state index in [-0.39, 0.29) is 29.6 Å². The van der Waals surface area contributed by atoms with Crippen molar-refractivity contribution in [1.82, 2.24) is 29.5 Å². The van der Waals surface area contributed by atoms with E-state index in [4.69, 9.17) is 4.74 Å². The molecule has 3 rings (SSSR count). The molecule has 0 aliphatic rings. The summed E-state index contributed by atoms with van der Waals surface area (Å²) in [6, 6.07) is 2.65. The van der Waals surface area contributed by atoms with Crippen molar-refractivity contribution in [2.24, 2.45) is 0 Å². The first-order valence-corrected chi connectivity index (χ1v) is 9.82. The van der Waals surface area contributed by atoms with Crippen LogP contribution in [-0.4, -0.2) is 42.9 Å². The quantitative estimate of drug-likeness (QED) is 0.382. The zero-order valence-electron chi connectivity index (χ0n) is 13.8. The van der Waals surface area contributed by atoms with Gasteiger partial charge in [0.1, 0.15) is 30.7 Å². The average molecular weight is 595 g/mol. The van der Waals surface area contributed by atoms with Crippen molar-refractivity contribution in [2.45, 2.75) is 13.1 Å². The van der Waals surface area contributed by atoms with Gasteiger partial charge in [0.25, 0.3) is 0 Å². The Bertz CT molecular complexity index is 902. The number of rotatable bonds is 6. The van der Waals surface area contributed by atoms with Crippen LogP contribution in [0.2, 0.25) is 0 Å². The topological polar surface area (TPSA) is 70.7 Å². The second-order valence-corrected chi connectivity index (χ2v) is 6.97. The monoisotopic (exact) mass is 592 g/mol. The van der Waals surface area contributed by atoms with E-state index in [2.05, 4.69) is 68.0 Å². The molecular formula is C14H11Br3F4N6O. The molecule has 7 nitrogen and oxygen atoms in total. The Morgan fingerprint density at radius 2 is 1.36 bits per heavy atom. The van der Waals surface area contributed by atoms with Crippen molar-refractivity contribution in [2.75, 3.05) is 13.3 Å². The summed E-state index contributed by atoms with van der Waals surface area (Å²) < 4.78 is 58.8. The van der Waals surface area contributed by atoms with Gasteiger partial charge in [-0.2, -0.15) is 9.97 Å². The van der Waals surface area contributed by atoms with E-state index in [0.29, 0.717) is 9.47 Å². The standard InChI is InChI=1S/C10H7BrF3N3O.C4H4Br2FN3/c11-9-15-10(17(16-9)2-1-12)18-8-4-6(13)3-7(14)5-8;5-3-8-4(6)10(9-3)2-1-7/h3-5H,1-2H2;1-2H2. The first-order chi connectivity index (χ1) is 13.3. The van der Waals surface area contributed by atoms with Crippen LogP contribution in [0.15, 0.2) is 32.4 Å². The Hall–Kier alpha value is -1.54. The van der Waals surface area contributed by atoms with Crippen molar-refractivity contribution >= 4 is 47.8 Å². The lowest BCUT2D eigenvalue weighted by Crippen LogP contribution is -2.04. The highest BCUT2D eigenvalue weighted by atomic mass is 79.9. The van der Waals surface area contributed by atoms with Gasteiger partial charge in [-0.1, -0.05) is 0 Å². The van der Waals surface area contributed by atoms with Crippen molar-refractivity contribution in [3.8, 4) is 11.8 Å². The summed E-state index contributed by atoms with van der Waals surface area (Å²) in [4.78, 5) is 7.67. The summed E-state index contributed by atoms with van der Waals surface area (Å²) in [5.41, 5.74) is 0. The van der Waals surface area contributed by atoms with Gasteiger partial charge in [-0.25, -0.2) is 26.9 Å². The van der Waals surface area contributed by atoms with Gasteiger partial charge in [0.05, 0.1) is 13.1 Å². The maximum atomic E-state index is 13.0. The number of halogens is 7. The van der Waals surface area contributed by atoms with Crippen LogP contribution < -0.4 is 4.74 Å². The second-order valence-electron chi connectivity index (χ2n) is 4.84. The third-order valence-electron chi connectivity index (χ3n) is 2.85. The third kappa shape index (κ3) is 6.81. The Kier molecular flexibility index (Phi) is 8.82. The van der Waals surface area contributed by atoms with Gasteiger partial charge in [-0.15, -0.1) is 10.2 Å². The summed E-state index contributed by atoms with van der Waals surface area (Å²) in [7, 11) is 0. The summed E-state index contributed by atoms with van der Waals surface area (Å²) >= 11 is 9.17. The first-order valence-electron chi connectivity index (χ1n) is 7.44. The molecular weight excluding hydrogens is 584 g/mol. The number of hydrogen-bond acceptors (Lipinski definition) is 5. The number of aromatic nitrogens is 6. The van der Waals surface area contributed by atoms with E-state index < -0.39 is 25.0 Å². The highest BCUT2D eigenvalue weighted by Gasteiger charge is 2.12. The van der Waals surface area contributed by atoms with Crippen molar-refractivity contribution in [1.29, 1.82) is 0 Å². The lowest BCUT2D eigenvalue weighted by molar-refractivity contribution is 0.360. The minimum absolute atomic E-state index is 0.0514. The van der Waals surface area contributed by atoms with Gasteiger partial charge in [0.2, 0.25) is 9.47 Å². The van der Waals surface area contributed by atoms with E-state index in [0.717, 1.165) is 22.9 Å². The fraction of sp³-hybridized carbons (Fsp3) is 0.286. The molecule has 0 saturated carbocycles. The Balaban J connectivity index is 0.000000237. The molecule has 1 aromatic carbocycles. The van der Waals surface area contributed by atoms with Crippen LogP contribution in [0.1, 0.15) is 0 Å². The Morgan fingerprint density at radius 3 is 1.89 bits per heavy atom. The van der Waals surface area contributed by atoms with Gasteiger partial charge in [-0.05, 0) is 47.8 Å². The van der Waals surface area contributed by atoms with Gasteiger partial charge in [0, 0.05) is 18.2 Å². The molecule has 0 aliphatic heterocycles. The lowest BCUT2D eigenvalue weighted by Gasteiger charge is -2.05. The smallest absolute Gasteiger partial charge is 0.321 e. The van der Waals surface area contributed by atoms with Crippen LogP contribution in [-0.2, 0) is 13.1 Å². The Morgan fingerprint density at radius 1 is 0.821 bits per heavy atom. The molecule has 0 aliphatic carbocycles. The van der Waals surface area contributed by atoms with Gasteiger partial charge in [0.15, 0.2) is 4.73 Å². The summed E-state index contributed by atoms with van der Waals surface area (Å²) in [6.45, 7) is -0.928. The average Bonchev–Trinajstić information content (AvgIpc) is 3.09. The molecule has 0 radical (unpaired) electrons. The predicted octanol–water partition coefficient (Wildman–Crippen LogP) is 4.85. The molecule has 0 atom stereocenters. The molecule has 0 bridgehead atoms. The normalized spacial score (nSPS) is 10.5. The van der Waals surface area contributed by atoms with Gasteiger partial charge in [-0.3, -0.25) is 0 Å². The van der Waals surface area contributed by atoms with Crippen LogP contribution in [0.25, 0.3) is 0 Å². The zero-order chi connectivity index (χ0) is 20.7. The molecule has 0 amide bonds. The number of alkyl halides is 2. The van der Waals surface area contributed by atoms with Crippen LogP contribution in [0, 0.1) is 11.6 Å². The predicted molar refractivity (Wildman–Crippen MR) is 102 cm³/mol. The molecule has 14 heteroatoms. The highest BCUT2D eigenvalue weighted by Crippen LogP contribution is 2.23.